The molecule has 18 heavy (non-hydrogen) atoms. The van der Waals surface area contributed by atoms with Gasteiger partial charge in [-0.25, -0.2) is 0 Å². The lowest BCUT2D eigenvalue weighted by Crippen LogP contribution is -2.32. The van der Waals surface area contributed by atoms with Crippen molar-refractivity contribution in [1.29, 1.82) is 0 Å². The number of carbonyl (C=O) groups excluding carboxylic acids is 1. The highest BCUT2D eigenvalue weighted by Crippen LogP contribution is 2.24. The molecule has 1 unspecified atom stereocenters. The molecule has 0 saturated carbocycles. The number of hydrogen-bond acceptors (Lipinski definition) is 3. The Labute approximate surface area is 107 Å². The van der Waals surface area contributed by atoms with Gasteiger partial charge in [0.2, 0.25) is 0 Å². The van der Waals surface area contributed by atoms with Gasteiger partial charge in [-0.1, -0.05) is 18.2 Å². The molecule has 1 saturated heterocycles. The van der Waals surface area contributed by atoms with Crippen LogP contribution in [0.4, 0.5) is 0 Å². The minimum atomic E-state index is -0.594. The minimum Gasteiger partial charge on any atom is -0.483 e. The van der Waals surface area contributed by atoms with Gasteiger partial charge in [-0.15, -0.1) is 0 Å². The summed E-state index contributed by atoms with van der Waals surface area (Å²) in [7, 11) is 0. The Balaban J connectivity index is 1.95. The van der Waals surface area contributed by atoms with Gasteiger partial charge in [-0.3, -0.25) is 4.79 Å². The van der Waals surface area contributed by atoms with Gasteiger partial charge in [-0.2, -0.15) is 0 Å². The van der Waals surface area contributed by atoms with E-state index in [1.165, 1.54) is 0 Å². The highest BCUT2D eigenvalue weighted by atomic mass is 16.5. The SMILES string of the molecule is CC(O)c1ccccc1OCC(=O)N1CCCC1. The highest BCUT2D eigenvalue weighted by molar-refractivity contribution is 5.78. The average Bonchev–Trinajstić information content (AvgIpc) is 2.90. The summed E-state index contributed by atoms with van der Waals surface area (Å²) in [6.45, 7) is 3.40. The number of ether oxygens (including phenoxy) is 1. The van der Waals surface area contributed by atoms with E-state index in [-0.39, 0.29) is 12.5 Å². The van der Waals surface area contributed by atoms with Gasteiger partial charge in [-0.05, 0) is 25.8 Å². The van der Waals surface area contributed by atoms with Crippen LogP contribution in [0.3, 0.4) is 0 Å². The first-order valence-electron chi connectivity index (χ1n) is 6.36. The molecule has 1 aliphatic rings. The maximum absolute atomic E-state index is 11.8. The predicted molar refractivity (Wildman–Crippen MR) is 68.4 cm³/mol. The molecule has 1 aromatic rings. The zero-order chi connectivity index (χ0) is 13.0. The number of aliphatic hydroxyl groups excluding tert-OH is 1. The van der Waals surface area contributed by atoms with Crippen LogP contribution in [0.5, 0.6) is 5.75 Å². The van der Waals surface area contributed by atoms with E-state index in [9.17, 15) is 9.90 Å². The number of rotatable bonds is 4. The summed E-state index contributed by atoms with van der Waals surface area (Å²) < 4.78 is 5.52. The van der Waals surface area contributed by atoms with Gasteiger partial charge in [0, 0.05) is 18.7 Å². The van der Waals surface area contributed by atoms with E-state index in [0.717, 1.165) is 25.9 Å². The van der Waals surface area contributed by atoms with Crippen molar-refractivity contribution < 1.29 is 14.6 Å². The topological polar surface area (TPSA) is 49.8 Å². The van der Waals surface area contributed by atoms with Crippen LogP contribution in [0.2, 0.25) is 0 Å². The number of para-hydroxylation sites is 1. The molecule has 0 aromatic heterocycles. The highest BCUT2D eigenvalue weighted by Gasteiger charge is 2.18. The maximum Gasteiger partial charge on any atom is 0.260 e. The second-order valence-electron chi connectivity index (χ2n) is 4.59. The fourth-order valence-corrected chi connectivity index (χ4v) is 2.15. The summed E-state index contributed by atoms with van der Waals surface area (Å²) in [6.07, 6.45) is 1.56. The molecule has 0 bridgehead atoms. The number of amides is 1. The average molecular weight is 249 g/mol. The van der Waals surface area contributed by atoms with Crippen LogP contribution in [-0.4, -0.2) is 35.6 Å². The van der Waals surface area contributed by atoms with Crippen LogP contribution in [0.15, 0.2) is 24.3 Å². The monoisotopic (exact) mass is 249 g/mol. The molecular formula is C14H19NO3. The van der Waals surface area contributed by atoms with E-state index in [1.54, 1.807) is 19.1 Å². The van der Waals surface area contributed by atoms with Gasteiger partial charge in [0.25, 0.3) is 5.91 Å². The summed E-state index contributed by atoms with van der Waals surface area (Å²) in [5, 5.41) is 9.61. The molecule has 0 aliphatic carbocycles. The summed E-state index contributed by atoms with van der Waals surface area (Å²) in [6, 6.07) is 7.26. The lowest BCUT2D eigenvalue weighted by atomic mass is 10.1. The van der Waals surface area contributed by atoms with Crippen LogP contribution in [0, 0.1) is 0 Å². The predicted octanol–water partition coefficient (Wildman–Crippen LogP) is 1.74. The normalized spacial score (nSPS) is 16.7. The Hall–Kier alpha value is -1.55. The number of likely N-dealkylation sites (tertiary alicyclic amines) is 1. The number of nitrogens with zero attached hydrogens (tertiary/aromatic N) is 1. The van der Waals surface area contributed by atoms with Crippen LogP contribution in [0.1, 0.15) is 31.4 Å². The molecule has 1 amide bonds. The van der Waals surface area contributed by atoms with E-state index >= 15 is 0 Å². The van der Waals surface area contributed by atoms with Crippen molar-refractivity contribution in [2.24, 2.45) is 0 Å². The molecule has 1 aromatic carbocycles. The Morgan fingerprint density at radius 3 is 2.72 bits per heavy atom. The first-order chi connectivity index (χ1) is 8.68. The third-order valence-corrected chi connectivity index (χ3v) is 3.18. The van der Waals surface area contributed by atoms with E-state index in [2.05, 4.69) is 0 Å². The van der Waals surface area contributed by atoms with E-state index < -0.39 is 6.10 Å². The van der Waals surface area contributed by atoms with E-state index in [1.807, 2.05) is 17.0 Å². The fourth-order valence-electron chi connectivity index (χ4n) is 2.15. The summed E-state index contributed by atoms with van der Waals surface area (Å²) >= 11 is 0. The smallest absolute Gasteiger partial charge is 0.260 e. The van der Waals surface area contributed by atoms with Crippen molar-refractivity contribution in [2.45, 2.75) is 25.9 Å². The lowest BCUT2D eigenvalue weighted by molar-refractivity contribution is -0.132. The zero-order valence-corrected chi connectivity index (χ0v) is 10.6. The number of aliphatic hydroxyl groups is 1. The first-order valence-corrected chi connectivity index (χ1v) is 6.36. The second-order valence-corrected chi connectivity index (χ2v) is 4.59. The van der Waals surface area contributed by atoms with Crippen molar-refractivity contribution in [2.75, 3.05) is 19.7 Å². The van der Waals surface area contributed by atoms with E-state index in [0.29, 0.717) is 11.3 Å². The Morgan fingerprint density at radius 1 is 1.39 bits per heavy atom. The molecule has 1 heterocycles. The van der Waals surface area contributed by atoms with Crippen LogP contribution >= 0.6 is 0 Å². The Kier molecular flexibility index (Phi) is 4.20. The third kappa shape index (κ3) is 3.01. The fraction of sp³-hybridized carbons (Fsp3) is 0.500. The van der Waals surface area contributed by atoms with Gasteiger partial charge >= 0.3 is 0 Å². The quantitative estimate of drug-likeness (QED) is 0.884. The summed E-state index contributed by atoms with van der Waals surface area (Å²) in [4.78, 5) is 13.7. The molecule has 2 rings (SSSR count). The third-order valence-electron chi connectivity index (χ3n) is 3.18. The second kappa shape index (κ2) is 5.87. The summed E-state index contributed by atoms with van der Waals surface area (Å²) in [5.74, 6) is 0.605. The van der Waals surface area contributed by atoms with E-state index in [4.69, 9.17) is 4.74 Å². The molecule has 1 aliphatic heterocycles. The molecule has 1 N–H and O–H groups in total. The van der Waals surface area contributed by atoms with Crippen molar-refractivity contribution in [3.63, 3.8) is 0 Å². The standard InChI is InChI=1S/C14H19NO3/c1-11(16)12-6-2-3-7-13(12)18-10-14(17)15-8-4-5-9-15/h2-3,6-7,11,16H,4-5,8-10H2,1H3. The van der Waals surface area contributed by atoms with Crippen LogP contribution < -0.4 is 4.74 Å². The lowest BCUT2D eigenvalue weighted by Gasteiger charge is -2.17. The molecular weight excluding hydrogens is 230 g/mol. The maximum atomic E-state index is 11.8. The first kappa shape index (κ1) is 12.9. The number of benzene rings is 1. The van der Waals surface area contributed by atoms with Gasteiger partial charge in [0.05, 0.1) is 6.10 Å². The molecule has 0 radical (unpaired) electrons. The van der Waals surface area contributed by atoms with Gasteiger partial charge in [0.1, 0.15) is 5.75 Å². The zero-order valence-electron chi connectivity index (χ0n) is 10.6. The number of hydrogen-bond donors (Lipinski definition) is 1. The Morgan fingerprint density at radius 2 is 2.06 bits per heavy atom. The largest absolute Gasteiger partial charge is 0.483 e. The van der Waals surface area contributed by atoms with Crippen molar-refractivity contribution >= 4 is 5.91 Å². The van der Waals surface area contributed by atoms with Crippen molar-refractivity contribution in [1.82, 2.24) is 4.90 Å². The van der Waals surface area contributed by atoms with Gasteiger partial charge in [0.15, 0.2) is 6.61 Å². The van der Waals surface area contributed by atoms with Crippen molar-refractivity contribution in [3.05, 3.63) is 29.8 Å². The van der Waals surface area contributed by atoms with Crippen molar-refractivity contribution in [3.8, 4) is 5.75 Å². The minimum absolute atomic E-state index is 0.0212. The molecule has 1 fully saturated rings. The summed E-state index contributed by atoms with van der Waals surface area (Å²) in [5.41, 5.74) is 0.715. The Bertz CT molecular complexity index is 411. The molecule has 4 nitrogen and oxygen atoms in total. The molecule has 1 atom stereocenters. The van der Waals surface area contributed by atoms with Crippen LogP contribution in [-0.2, 0) is 4.79 Å². The molecule has 0 spiro atoms. The van der Waals surface area contributed by atoms with Gasteiger partial charge < -0.3 is 14.7 Å². The number of carbonyl (C=O) groups is 1. The molecule has 98 valence electrons. The van der Waals surface area contributed by atoms with Crippen LogP contribution in [0.25, 0.3) is 0 Å². The molecule has 4 heteroatoms.